The summed E-state index contributed by atoms with van der Waals surface area (Å²) in [5.74, 6) is -3.88. The lowest BCUT2D eigenvalue weighted by atomic mass is 9.95. The van der Waals surface area contributed by atoms with E-state index in [-0.39, 0.29) is 5.69 Å². The van der Waals surface area contributed by atoms with E-state index in [1.54, 1.807) is 24.3 Å². The summed E-state index contributed by atoms with van der Waals surface area (Å²) in [6.07, 6.45) is 0.502. The van der Waals surface area contributed by atoms with Crippen LogP contribution in [0, 0.1) is 11.6 Å². The van der Waals surface area contributed by atoms with Crippen molar-refractivity contribution in [3.05, 3.63) is 65.2 Å². The zero-order valence-corrected chi connectivity index (χ0v) is 13.3. The Morgan fingerprint density at radius 2 is 1.79 bits per heavy atom. The number of anilines is 1. The third-order valence-corrected chi connectivity index (χ3v) is 3.65. The molecule has 0 saturated heterocycles. The Hall–Kier alpha value is -2.76. The normalized spacial score (nSPS) is 11.7. The molecule has 0 aliphatic carbocycles. The maximum absolute atomic E-state index is 13.9. The number of ether oxygens (including phenoxy) is 1. The van der Waals surface area contributed by atoms with Gasteiger partial charge in [-0.1, -0.05) is 37.3 Å². The Bertz CT molecular complexity index is 747. The number of nitrogens with one attached hydrogen (secondary N) is 1. The third kappa shape index (κ3) is 3.76. The van der Waals surface area contributed by atoms with Crippen molar-refractivity contribution in [3.8, 4) is 0 Å². The number of halogens is 2. The lowest BCUT2D eigenvalue weighted by Crippen LogP contribution is -2.22. The number of benzene rings is 2. The molecular weight excluding hydrogens is 316 g/mol. The lowest BCUT2D eigenvalue weighted by molar-refractivity contribution is -0.117. The summed E-state index contributed by atoms with van der Waals surface area (Å²) >= 11 is 0. The van der Waals surface area contributed by atoms with E-state index in [2.05, 4.69) is 10.1 Å². The molecule has 0 heterocycles. The van der Waals surface area contributed by atoms with E-state index in [1.807, 2.05) is 13.0 Å². The van der Waals surface area contributed by atoms with Gasteiger partial charge in [0.2, 0.25) is 5.91 Å². The molecule has 0 saturated carbocycles. The van der Waals surface area contributed by atoms with Gasteiger partial charge in [-0.25, -0.2) is 13.6 Å². The van der Waals surface area contributed by atoms with E-state index in [4.69, 9.17) is 0 Å². The fraction of sp³-hybridized carbons (Fsp3) is 0.222. The van der Waals surface area contributed by atoms with Crippen molar-refractivity contribution in [1.82, 2.24) is 0 Å². The number of hydrogen-bond acceptors (Lipinski definition) is 3. The molecule has 24 heavy (non-hydrogen) atoms. The second kappa shape index (κ2) is 7.68. The zero-order chi connectivity index (χ0) is 17.7. The summed E-state index contributed by atoms with van der Waals surface area (Å²) in [5.41, 5.74) is 0.0753. The maximum atomic E-state index is 13.9. The standard InChI is InChI=1S/C18H17F2NO3/c1-3-12(11-7-5-4-6-8-11)17(22)21-16-9-13(18(23)24-2)14(19)10-15(16)20/h4-10,12H,3H2,1-2H3,(H,21,22)/t12-/m0/s1. The summed E-state index contributed by atoms with van der Waals surface area (Å²) in [6.45, 7) is 1.83. The van der Waals surface area contributed by atoms with Crippen LogP contribution >= 0.6 is 0 Å². The quantitative estimate of drug-likeness (QED) is 0.845. The molecule has 2 aromatic rings. The Morgan fingerprint density at radius 1 is 1.12 bits per heavy atom. The predicted molar refractivity (Wildman–Crippen MR) is 85.8 cm³/mol. The van der Waals surface area contributed by atoms with Gasteiger partial charge in [0, 0.05) is 6.07 Å². The van der Waals surface area contributed by atoms with Crippen molar-refractivity contribution in [1.29, 1.82) is 0 Å². The highest BCUT2D eigenvalue weighted by Gasteiger charge is 2.22. The molecule has 0 bridgehead atoms. The summed E-state index contributed by atoms with van der Waals surface area (Å²) in [7, 11) is 1.09. The molecule has 2 rings (SSSR count). The monoisotopic (exact) mass is 333 g/mol. The molecule has 0 aliphatic rings. The minimum Gasteiger partial charge on any atom is -0.465 e. The number of methoxy groups -OCH3 is 1. The number of carbonyl (C=O) groups excluding carboxylic acids is 2. The van der Waals surface area contributed by atoms with Crippen LogP contribution in [0.15, 0.2) is 42.5 Å². The number of hydrogen-bond donors (Lipinski definition) is 1. The van der Waals surface area contributed by atoms with E-state index in [9.17, 15) is 18.4 Å². The Balaban J connectivity index is 2.29. The first-order valence-electron chi connectivity index (χ1n) is 7.41. The highest BCUT2D eigenvalue weighted by atomic mass is 19.1. The number of rotatable bonds is 5. The summed E-state index contributed by atoms with van der Waals surface area (Å²) in [6, 6.07) is 10.5. The van der Waals surface area contributed by atoms with Gasteiger partial charge in [0.25, 0.3) is 0 Å². The SMILES string of the molecule is CC[C@H](C(=O)Nc1cc(C(=O)OC)c(F)cc1F)c1ccccc1. The summed E-state index contributed by atoms with van der Waals surface area (Å²) in [5, 5.41) is 2.42. The van der Waals surface area contributed by atoms with Gasteiger partial charge in [0.05, 0.1) is 24.3 Å². The van der Waals surface area contributed by atoms with Crippen LogP contribution in [0.25, 0.3) is 0 Å². The molecule has 0 spiro atoms. The van der Waals surface area contributed by atoms with Crippen molar-refractivity contribution in [2.24, 2.45) is 0 Å². The number of esters is 1. The molecule has 126 valence electrons. The first-order valence-corrected chi connectivity index (χ1v) is 7.41. The average Bonchev–Trinajstić information content (AvgIpc) is 2.58. The molecular formula is C18H17F2NO3. The van der Waals surface area contributed by atoms with Crippen LogP contribution in [0.2, 0.25) is 0 Å². The van der Waals surface area contributed by atoms with Gasteiger partial charge in [-0.15, -0.1) is 0 Å². The van der Waals surface area contributed by atoms with E-state index in [0.717, 1.165) is 18.7 Å². The van der Waals surface area contributed by atoms with Gasteiger partial charge in [-0.3, -0.25) is 4.79 Å². The van der Waals surface area contributed by atoms with Gasteiger partial charge < -0.3 is 10.1 Å². The Labute approximate surface area is 138 Å². The van der Waals surface area contributed by atoms with Crippen LogP contribution in [0.3, 0.4) is 0 Å². The Morgan fingerprint density at radius 3 is 2.38 bits per heavy atom. The number of amides is 1. The second-order valence-corrected chi connectivity index (χ2v) is 5.16. The first kappa shape index (κ1) is 17.6. The highest BCUT2D eigenvalue weighted by molar-refractivity contribution is 5.97. The van der Waals surface area contributed by atoms with E-state index >= 15 is 0 Å². The van der Waals surface area contributed by atoms with Gasteiger partial charge in [0.15, 0.2) is 0 Å². The van der Waals surface area contributed by atoms with Gasteiger partial charge in [0.1, 0.15) is 11.6 Å². The fourth-order valence-corrected chi connectivity index (χ4v) is 2.39. The van der Waals surface area contributed by atoms with Gasteiger partial charge in [-0.05, 0) is 18.1 Å². The van der Waals surface area contributed by atoms with Crippen molar-refractivity contribution in [2.75, 3.05) is 12.4 Å². The molecule has 0 fully saturated rings. The van der Waals surface area contributed by atoms with Crippen LogP contribution in [0.1, 0.15) is 35.2 Å². The van der Waals surface area contributed by atoms with Crippen molar-refractivity contribution in [2.45, 2.75) is 19.3 Å². The van der Waals surface area contributed by atoms with Crippen LogP contribution in [0.5, 0.6) is 0 Å². The third-order valence-electron chi connectivity index (χ3n) is 3.65. The first-order chi connectivity index (χ1) is 11.5. The van der Waals surface area contributed by atoms with Crippen molar-refractivity contribution < 1.29 is 23.1 Å². The van der Waals surface area contributed by atoms with Gasteiger partial charge in [-0.2, -0.15) is 0 Å². The topological polar surface area (TPSA) is 55.4 Å². The molecule has 4 nitrogen and oxygen atoms in total. The molecule has 1 N–H and O–H groups in total. The average molecular weight is 333 g/mol. The van der Waals surface area contributed by atoms with Gasteiger partial charge >= 0.3 is 5.97 Å². The Kier molecular flexibility index (Phi) is 5.63. The second-order valence-electron chi connectivity index (χ2n) is 5.16. The lowest BCUT2D eigenvalue weighted by Gasteiger charge is -2.16. The summed E-state index contributed by atoms with van der Waals surface area (Å²) < 4.78 is 32.0. The van der Waals surface area contributed by atoms with Crippen LogP contribution in [-0.2, 0) is 9.53 Å². The van der Waals surface area contributed by atoms with E-state index < -0.39 is 35.0 Å². The van der Waals surface area contributed by atoms with E-state index in [1.165, 1.54) is 0 Å². The molecule has 1 atom stereocenters. The largest absolute Gasteiger partial charge is 0.465 e. The van der Waals surface area contributed by atoms with Crippen molar-refractivity contribution in [3.63, 3.8) is 0 Å². The number of carbonyl (C=O) groups is 2. The minimum atomic E-state index is -1.05. The summed E-state index contributed by atoms with van der Waals surface area (Å²) in [4.78, 5) is 23.9. The molecule has 0 aromatic heterocycles. The van der Waals surface area contributed by atoms with Crippen LogP contribution in [-0.4, -0.2) is 19.0 Å². The molecule has 6 heteroatoms. The van der Waals surface area contributed by atoms with Crippen molar-refractivity contribution >= 4 is 17.6 Å². The molecule has 0 aliphatic heterocycles. The molecule has 2 aromatic carbocycles. The fourth-order valence-electron chi connectivity index (χ4n) is 2.39. The zero-order valence-electron chi connectivity index (χ0n) is 13.3. The highest BCUT2D eigenvalue weighted by Crippen LogP contribution is 2.24. The maximum Gasteiger partial charge on any atom is 0.340 e. The van der Waals surface area contributed by atoms with E-state index in [0.29, 0.717) is 12.5 Å². The predicted octanol–water partition coefficient (Wildman–Crippen LogP) is 3.88. The minimum absolute atomic E-state index is 0.267. The smallest absolute Gasteiger partial charge is 0.340 e. The molecule has 0 radical (unpaired) electrons. The molecule has 0 unspecified atom stereocenters. The van der Waals surface area contributed by atoms with Crippen LogP contribution in [0.4, 0.5) is 14.5 Å². The van der Waals surface area contributed by atoms with Crippen LogP contribution < -0.4 is 5.32 Å². The molecule has 1 amide bonds.